The molecule has 1 fully saturated rings. The molecule has 0 aromatic carbocycles. The third kappa shape index (κ3) is 2.58. The van der Waals surface area contributed by atoms with E-state index in [0.717, 1.165) is 12.1 Å². The molecule has 0 spiro atoms. The van der Waals surface area contributed by atoms with Crippen LogP contribution >= 0.6 is 0 Å². The Morgan fingerprint density at radius 3 is 2.93 bits per heavy atom. The monoisotopic (exact) mass is 186 g/mol. The molecule has 72 valence electrons. The van der Waals surface area contributed by atoms with E-state index in [2.05, 4.69) is 21.7 Å². The molecule has 0 saturated carbocycles. The highest BCUT2D eigenvalue weighted by atomic mass is 15.1. The van der Waals surface area contributed by atoms with Crippen LogP contribution in [0.1, 0.15) is 18.4 Å². The van der Waals surface area contributed by atoms with Crippen molar-refractivity contribution in [1.82, 2.24) is 9.88 Å². The molecule has 0 aliphatic carbocycles. The van der Waals surface area contributed by atoms with Gasteiger partial charge in [-0.25, -0.2) is 0 Å². The Labute approximate surface area is 85.0 Å². The van der Waals surface area contributed by atoms with Crippen LogP contribution in [0.4, 0.5) is 0 Å². The molecule has 1 aromatic rings. The van der Waals surface area contributed by atoms with E-state index in [4.69, 9.17) is 0 Å². The van der Waals surface area contributed by atoms with Crippen molar-refractivity contribution < 1.29 is 0 Å². The van der Waals surface area contributed by atoms with Crippen LogP contribution in [-0.4, -0.2) is 29.5 Å². The Bertz CT molecular complexity index is 328. The van der Waals surface area contributed by atoms with Gasteiger partial charge >= 0.3 is 0 Å². The molecule has 0 amide bonds. The van der Waals surface area contributed by atoms with Crippen LogP contribution in [0.3, 0.4) is 0 Å². The van der Waals surface area contributed by atoms with Crippen molar-refractivity contribution in [2.75, 3.05) is 19.6 Å². The third-order valence-electron chi connectivity index (χ3n) is 2.40. The molecule has 2 nitrogen and oxygen atoms in total. The number of hydrogen-bond acceptors (Lipinski definition) is 2. The Balaban J connectivity index is 1.87. The molecule has 2 rings (SSSR count). The van der Waals surface area contributed by atoms with E-state index in [1.54, 1.807) is 12.4 Å². The summed E-state index contributed by atoms with van der Waals surface area (Å²) < 4.78 is 0. The molecule has 14 heavy (non-hydrogen) atoms. The van der Waals surface area contributed by atoms with Crippen molar-refractivity contribution in [2.24, 2.45) is 0 Å². The van der Waals surface area contributed by atoms with Gasteiger partial charge in [-0.05, 0) is 38.1 Å². The zero-order chi connectivity index (χ0) is 9.64. The third-order valence-corrected chi connectivity index (χ3v) is 2.40. The van der Waals surface area contributed by atoms with Gasteiger partial charge in [-0.15, -0.1) is 0 Å². The van der Waals surface area contributed by atoms with E-state index in [-0.39, 0.29) is 0 Å². The predicted molar refractivity (Wildman–Crippen MR) is 56.8 cm³/mol. The Morgan fingerprint density at radius 1 is 1.36 bits per heavy atom. The summed E-state index contributed by atoms with van der Waals surface area (Å²) in [5, 5.41) is 0. The van der Waals surface area contributed by atoms with E-state index in [1.807, 2.05) is 12.1 Å². The van der Waals surface area contributed by atoms with Crippen LogP contribution in [0.15, 0.2) is 24.5 Å². The fourth-order valence-electron chi connectivity index (χ4n) is 1.63. The molecule has 0 N–H and O–H groups in total. The van der Waals surface area contributed by atoms with Gasteiger partial charge in [0.25, 0.3) is 0 Å². The zero-order valence-electron chi connectivity index (χ0n) is 8.24. The van der Waals surface area contributed by atoms with Crippen LogP contribution in [0.25, 0.3) is 0 Å². The molecular formula is C12H14N2. The van der Waals surface area contributed by atoms with Crippen molar-refractivity contribution in [1.29, 1.82) is 0 Å². The maximum atomic E-state index is 4.02. The van der Waals surface area contributed by atoms with Gasteiger partial charge < -0.3 is 0 Å². The maximum Gasteiger partial charge on any atom is 0.0605 e. The Hall–Kier alpha value is -1.33. The highest BCUT2D eigenvalue weighted by Crippen LogP contribution is 2.05. The minimum Gasteiger partial charge on any atom is -0.292 e. The van der Waals surface area contributed by atoms with E-state index in [9.17, 15) is 0 Å². The average molecular weight is 186 g/mol. The molecular weight excluding hydrogens is 172 g/mol. The van der Waals surface area contributed by atoms with Crippen LogP contribution in [0.2, 0.25) is 0 Å². The number of likely N-dealkylation sites (tertiary alicyclic amines) is 1. The van der Waals surface area contributed by atoms with Crippen LogP contribution in [0.5, 0.6) is 0 Å². The molecule has 1 saturated heterocycles. The van der Waals surface area contributed by atoms with Gasteiger partial charge in [0.05, 0.1) is 6.54 Å². The summed E-state index contributed by atoms with van der Waals surface area (Å²) in [6.07, 6.45) is 6.23. The predicted octanol–water partition coefficient (Wildman–Crippen LogP) is 1.53. The lowest BCUT2D eigenvalue weighted by Gasteiger charge is -2.08. The van der Waals surface area contributed by atoms with Gasteiger partial charge in [0.15, 0.2) is 0 Å². The van der Waals surface area contributed by atoms with Crippen LogP contribution < -0.4 is 0 Å². The zero-order valence-corrected chi connectivity index (χ0v) is 8.24. The molecule has 1 aromatic heterocycles. The second-order valence-electron chi connectivity index (χ2n) is 3.53. The minimum atomic E-state index is 0.898. The Kier molecular flexibility index (Phi) is 3.15. The second kappa shape index (κ2) is 4.78. The SMILES string of the molecule is C(#Cc1cccnc1)CN1CCCC1. The van der Waals surface area contributed by atoms with E-state index in [0.29, 0.717) is 0 Å². The first-order chi connectivity index (χ1) is 6.95. The molecule has 1 aliphatic heterocycles. The summed E-state index contributed by atoms with van der Waals surface area (Å²) >= 11 is 0. The highest BCUT2D eigenvalue weighted by molar-refractivity contribution is 5.31. The lowest BCUT2D eigenvalue weighted by Crippen LogP contribution is -2.18. The lowest BCUT2D eigenvalue weighted by atomic mass is 10.3. The first kappa shape index (κ1) is 9.23. The van der Waals surface area contributed by atoms with Crippen molar-refractivity contribution in [3.05, 3.63) is 30.1 Å². The van der Waals surface area contributed by atoms with Crippen molar-refractivity contribution in [3.63, 3.8) is 0 Å². The molecule has 0 unspecified atom stereocenters. The normalized spacial score (nSPS) is 16.3. The van der Waals surface area contributed by atoms with Crippen molar-refractivity contribution >= 4 is 0 Å². The standard InChI is InChI=1S/C12H14N2/c1-2-9-14(8-1)10-4-6-12-5-3-7-13-11-12/h3,5,7,11H,1-2,8-10H2. The molecule has 2 heterocycles. The molecule has 0 radical (unpaired) electrons. The maximum absolute atomic E-state index is 4.02. The average Bonchev–Trinajstić information content (AvgIpc) is 2.72. The topological polar surface area (TPSA) is 16.1 Å². The molecule has 0 bridgehead atoms. The largest absolute Gasteiger partial charge is 0.292 e. The number of hydrogen-bond donors (Lipinski definition) is 0. The summed E-state index contributed by atoms with van der Waals surface area (Å²) in [7, 11) is 0. The summed E-state index contributed by atoms with van der Waals surface area (Å²) in [6.45, 7) is 3.32. The van der Waals surface area contributed by atoms with Crippen LogP contribution in [-0.2, 0) is 0 Å². The van der Waals surface area contributed by atoms with Gasteiger partial charge in [-0.1, -0.05) is 11.8 Å². The van der Waals surface area contributed by atoms with Crippen molar-refractivity contribution in [2.45, 2.75) is 12.8 Å². The highest BCUT2D eigenvalue weighted by Gasteiger charge is 2.08. The first-order valence-electron chi connectivity index (χ1n) is 5.06. The molecule has 2 heteroatoms. The van der Waals surface area contributed by atoms with E-state index in [1.165, 1.54) is 25.9 Å². The number of nitrogens with zero attached hydrogens (tertiary/aromatic N) is 2. The fraction of sp³-hybridized carbons (Fsp3) is 0.417. The van der Waals surface area contributed by atoms with Gasteiger partial charge in [0.2, 0.25) is 0 Å². The number of rotatable bonds is 1. The van der Waals surface area contributed by atoms with Gasteiger partial charge in [-0.2, -0.15) is 0 Å². The Morgan fingerprint density at radius 2 is 2.21 bits per heavy atom. The quantitative estimate of drug-likeness (QED) is 0.618. The fourth-order valence-corrected chi connectivity index (χ4v) is 1.63. The molecule has 1 aliphatic rings. The summed E-state index contributed by atoms with van der Waals surface area (Å²) in [5.74, 6) is 6.30. The lowest BCUT2D eigenvalue weighted by molar-refractivity contribution is 0.383. The number of pyridine rings is 1. The van der Waals surface area contributed by atoms with Gasteiger partial charge in [0, 0.05) is 18.0 Å². The van der Waals surface area contributed by atoms with Gasteiger partial charge in [0.1, 0.15) is 0 Å². The first-order valence-corrected chi connectivity index (χ1v) is 5.06. The second-order valence-corrected chi connectivity index (χ2v) is 3.53. The molecule has 0 atom stereocenters. The van der Waals surface area contributed by atoms with Gasteiger partial charge in [-0.3, -0.25) is 9.88 Å². The van der Waals surface area contributed by atoms with Crippen molar-refractivity contribution in [3.8, 4) is 11.8 Å². The van der Waals surface area contributed by atoms with E-state index < -0.39 is 0 Å². The smallest absolute Gasteiger partial charge is 0.0605 e. The summed E-state index contributed by atoms with van der Waals surface area (Å²) in [5.41, 5.74) is 1.01. The summed E-state index contributed by atoms with van der Waals surface area (Å²) in [4.78, 5) is 6.41. The minimum absolute atomic E-state index is 0.898. The number of aromatic nitrogens is 1. The van der Waals surface area contributed by atoms with Crippen LogP contribution in [0, 0.1) is 11.8 Å². The van der Waals surface area contributed by atoms with E-state index >= 15 is 0 Å². The summed E-state index contributed by atoms with van der Waals surface area (Å²) in [6, 6.07) is 3.91.